The SMILES string of the molecule is NCCOCCOCCNC(=O)c1cccc(Nc2nc(NCCc3ccccc3)nc(NC3CCCC3)n2)c1. The zero-order valence-corrected chi connectivity index (χ0v) is 22.9. The molecule has 4 rings (SSSR count). The number of hydrogen-bond acceptors (Lipinski definition) is 10. The highest BCUT2D eigenvalue weighted by atomic mass is 16.5. The van der Waals surface area contributed by atoms with Crippen molar-refractivity contribution < 1.29 is 14.3 Å². The van der Waals surface area contributed by atoms with Gasteiger partial charge in [0.1, 0.15) is 0 Å². The number of hydrogen-bond donors (Lipinski definition) is 5. The molecule has 1 aliphatic carbocycles. The second-order valence-electron chi connectivity index (χ2n) is 9.57. The molecule has 1 fully saturated rings. The molecule has 0 unspecified atom stereocenters. The van der Waals surface area contributed by atoms with Crippen LogP contribution < -0.4 is 27.0 Å². The molecule has 1 saturated carbocycles. The van der Waals surface area contributed by atoms with Crippen LogP contribution in [-0.4, -0.2) is 73.0 Å². The summed E-state index contributed by atoms with van der Waals surface area (Å²) < 4.78 is 10.7. The Kier molecular flexibility index (Phi) is 11.9. The van der Waals surface area contributed by atoms with E-state index in [1.54, 1.807) is 12.1 Å². The summed E-state index contributed by atoms with van der Waals surface area (Å²) >= 11 is 0. The average molecular weight is 549 g/mol. The summed E-state index contributed by atoms with van der Waals surface area (Å²) in [5.41, 5.74) is 7.85. The van der Waals surface area contributed by atoms with Crippen molar-refractivity contribution >= 4 is 29.4 Å². The third-order valence-corrected chi connectivity index (χ3v) is 6.41. The average Bonchev–Trinajstić information content (AvgIpc) is 3.48. The lowest BCUT2D eigenvalue weighted by atomic mass is 10.1. The Morgan fingerprint density at radius 3 is 2.40 bits per heavy atom. The predicted octanol–water partition coefficient (Wildman–Crippen LogP) is 3.35. The summed E-state index contributed by atoms with van der Waals surface area (Å²) in [6.45, 7) is 3.44. The Labute approximate surface area is 235 Å². The Balaban J connectivity index is 1.34. The lowest BCUT2D eigenvalue weighted by Crippen LogP contribution is -2.27. The number of rotatable bonds is 17. The van der Waals surface area contributed by atoms with E-state index in [9.17, 15) is 4.79 Å². The van der Waals surface area contributed by atoms with Crippen LogP contribution in [0.2, 0.25) is 0 Å². The molecule has 2 aromatic carbocycles. The number of benzene rings is 2. The third kappa shape index (κ3) is 10.1. The van der Waals surface area contributed by atoms with Gasteiger partial charge in [0.15, 0.2) is 0 Å². The summed E-state index contributed by atoms with van der Waals surface area (Å²) in [6, 6.07) is 17.9. The number of aromatic nitrogens is 3. The van der Waals surface area contributed by atoms with E-state index in [1.807, 2.05) is 30.3 Å². The van der Waals surface area contributed by atoms with Crippen molar-refractivity contribution in [2.45, 2.75) is 38.1 Å². The molecule has 0 bridgehead atoms. The molecule has 1 aliphatic rings. The quantitative estimate of drug-likeness (QED) is 0.159. The molecule has 0 spiro atoms. The topological polar surface area (TPSA) is 148 Å². The first-order valence-corrected chi connectivity index (χ1v) is 14.0. The maximum Gasteiger partial charge on any atom is 0.251 e. The maximum atomic E-state index is 12.7. The largest absolute Gasteiger partial charge is 0.378 e. The van der Waals surface area contributed by atoms with E-state index in [1.165, 1.54) is 18.4 Å². The summed E-state index contributed by atoms with van der Waals surface area (Å²) in [7, 11) is 0. The van der Waals surface area contributed by atoms with Crippen molar-refractivity contribution in [2.75, 3.05) is 62.0 Å². The van der Waals surface area contributed by atoms with Crippen LogP contribution in [0, 0.1) is 0 Å². The Bertz CT molecular complexity index is 1170. The van der Waals surface area contributed by atoms with Crippen molar-refractivity contribution in [1.82, 2.24) is 20.3 Å². The number of anilines is 4. The smallest absolute Gasteiger partial charge is 0.251 e. The zero-order chi connectivity index (χ0) is 27.8. The molecule has 11 nitrogen and oxygen atoms in total. The number of amides is 1. The van der Waals surface area contributed by atoms with Gasteiger partial charge in [0.25, 0.3) is 5.91 Å². The Hall–Kier alpha value is -3.80. The van der Waals surface area contributed by atoms with Crippen LogP contribution in [0.5, 0.6) is 0 Å². The number of carbonyl (C=O) groups excluding carboxylic acids is 1. The number of carbonyl (C=O) groups is 1. The van der Waals surface area contributed by atoms with E-state index in [0.29, 0.717) is 81.2 Å². The molecule has 11 heteroatoms. The van der Waals surface area contributed by atoms with Crippen LogP contribution in [0.4, 0.5) is 23.5 Å². The van der Waals surface area contributed by atoms with Crippen molar-refractivity contribution in [3.63, 3.8) is 0 Å². The van der Waals surface area contributed by atoms with Gasteiger partial charge in [-0.1, -0.05) is 49.2 Å². The van der Waals surface area contributed by atoms with Gasteiger partial charge in [0.05, 0.1) is 26.4 Å². The molecule has 1 aromatic heterocycles. The monoisotopic (exact) mass is 548 g/mol. The molecule has 0 radical (unpaired) electrons. The van der Waals surface area contributed by atoms with Crippen LogP contribution in [0.25, 0.3) is 0 Å². The summed E-state index contributed by atoms with van der Waals surface area (Å²) in [5, 5.41) is 12.9. The van der Waals surface area contributed by atoms with E-state index >= 15 is 0 Å². The van der Waals surface area contributed by atoms with Crippen molar-refractivity contribution in [3.8, 4) is 0 Å². The number of ether oxygens (including phenoxy) is 2. The molecule has 1 amide bonds. The standard InChI is InChI=1S/C29H40N8O3/c30-14-17-39-19-20-40-18-16-31-26(38)23-9-6-12-25(21-23)34-29-36-27(32-15-13-22-7-2-1-3-8-22)35-28(37-29)33-24-10-4-5-11-24/h1-3,6-9,12,21,24H,4-5,10-11,13-20,30H2,(H,31,38)(H3,32,33,34,35,36,37). The molecule has 0 saturated heterocycles. The molecule has 0 aliphatic heterocycles. The summed E-state index contributed by atoms with van der Waals surface area (Å²) in [5.74, 6) is 1.25. The van der Waals surface area contributed by atoms with Gasteiger partial charge in [0, 0.05) is 36.9 Å². The van der Waals surface area contributed by atoms with Crippen LogP contribution in [-0.2, 0) is 15.9 Å². The highest BCUT2D eigenvalue weighted by Crippen LogP contribution is 2.23. The first kappa shape index (κ1) is 29.2. The first-order valence-electron chi connectivity index (χ1n) is 14.0. The molecular weight excluding hydrogens is 508 g/mol. The van der Waals surface area contributed by atoms with Gasteiger partial charge < -0.3 is 36.5 Å². The number of nitrogens with one attached hydrogen (secondary N) is 4. The van der Waals surface area contributed by atoms with Crippen molar-refractivity contribution in [2.24, 2.45) is 5.73 Å². The lowest BCUT2D eigenvalue weighted by molar-refractivity contribution is 0.0511. The Morgan fingerprint density at radius 2 is 1.60 bits per heavy atom. The van der Waals surface area contributed by atoms with Gasteiger partial charge in [-0.3, -0.25) is 4.79 Å². The minimum atomic E-state index is -0.186. The fourth-order valence-corrected chi connectivity index (χ4v) is 4.40. The second kappa shape index (κ2) is 16.3. The summed E-state index contributed by atoms with van der Waals surface area (Å²) in [4.78, 5) is 26.5. The lowest BCUT2D eigenvalue weighted by Gasteiger charge is -2.15. The molecule has 6 N–H and O–H groups in total. The van der Waals surface area contributed by atoms with Gasteiger partial charge in [-0.25, -0.2) is 0 Å². The van der Waals surface area contributed by atoms with Crippen LogP contribution in [0.3, 0.4) is 0 Å². The van der Waals surface area contributed by atoms with Gasteiger partial charge in [-0.2, -0.15) is 15.0 Å². The van der Waals surface area contributed by atoms with Crippen molar-refractivity contribution in [3.05, 3.63) is 65.7 Å². The maximum absolute atomic E-state index is 12.7. The predicted molar refractivity (Wildman–Crippen MR) is 157 cm³/mol. The molecular formula is C29H40N8O3. The van der Waals surface area contributed by atoms with Gasteiger partial charge in [-0.15, -0.1) is 0 Å². The molecule has 40 heavy (non-hydrogen) atoms. The van der Waals surface area contributed by atoms with Gasteiger partial charge >= 0.3 is 0 Å². The summed E-state index contributed by atoms with van der Waals surface area (Å²) in [6.07, 6.45) is 5.48. The van der Waals surface area contributed by atoms with E-state index < -0.39 is 0 Å². The molecule has 3 aromatic rings. The van der Waals surface area contributed by atoms with E-state index in [2.05, 4.69) is 48.4 Å². The van der Waals surface area contributed by atoms with E-state index in [0.717, 1.165) is 19.3 Å². The van der Waals surface area contributed by atoms with E-state index in [-0.39, 0.29) is 5.91 Å². The minimum absolute atomic E-state index is 0.186. The van der Waals surface area contributed by atoms with Gasteiger partial charge in [0.2, 0.25) is 17.8 Å². The first-order chi connectivity index (χ1) is 19.7. The second-order valence-corrected chi connectivity index (χ2v) is 9.57. The Morgan fingerprint density at radius 1 is 0.850 bits per heavy atom. The molecule has 1 heterocycles. The molecule has 214 valence electrons. The highest BCUT2D eigenvalue weighted by molar-refractivity contribution is 5.95. The fraction of sp³-hybridized carbons (Fsp3) is 0.448. The van der Waals surface area contributed by atoms with Gasteiger partial charge in [-0.05, 0) is 43.0 Å². The van der Waals surface area contributed by atoms with Crippen LogP contribution in [0.15, 0.2) is 54.6 Å². The van der Waals surface area contributed by atoms with E-state index in [4.69, 9.17) is 15.2 Å². The number of nitrogens with two attached hydrogens (primary N) is 1. The highest BCUT2D eigenvalue weighted by Gasteiger charge is 2.17. The normalized spacial score (nSPS) is 13.2. The van der Waals surface area contributed by atoms with Crippen LogP contribution in [0.1, 0.15) is 41.6 Å². The number of nitrogens with zero attached hydrogens (tertiary/aromatic N) is 3. The van der Waals surface area contributed by atoms with Crippen LogP contribution >= 0.6 is 0 Å². The van der Waals surface area contributed by atoms with Crippen molar-refractivity contribution in [1.29, 1.82) is 0 Å². The third-order valence-electron chi connectivity index (χ3n) is 6.41. The minimum Gasteiger partial charge on any atom is -0.378 e. The molecule has 0 atom stereocenters. The zero-order valence-electron chi connectivity index (χ0n) is 22.9. The fourth-order valence-electron chi connectivity index (χ4n) is 4.40.